The quantitative estimate of drug-likeness (QED) is 0.188. The predicted molar refractivity (Wildman–Crippen MR) is 206 cm³/mol. The standard InChI is InChI=1S/C46H30N2O3/c1-46(2)35-15-8-6-14-32(35)44-36(46)16-10-17-38(44)48(29-19-21-31-30-13-7-9-18-39(30)49-41(31)24-29)28-20-22-40-33(23-28)34-25-43-37(26-42(34)50-40)47-45(51-43)27-11-4-3-5-12-27/h3-26H,1-2H3. The molecular weight excluding hydrogens is 629 g/mol. The summed E-state index contributed by atoms with van der Waals surface area (Å²) in [6.45, 7) is 4.65. The minimum Gasteiger partial charge on any atom is -0.456 e. The minimum absolute atomic E-state index is 0.137. The maximum atomic E-state index is 6.45. The molecule has 0 unspecified atom stereocenters. The van der Waals surface area contributed by atoms with E-state index in [1.807, 2.05) is 48.5 Å². The average molecular weight is 659 g/mol. The average Bonchev–Trinajstić information content (AvgIpc) is 3.91. The molecule has 51 heavy (non-hydrogen) atoms. The highest BCUT2D eigenvalue weighted by atomic mass is 16.4. The molecule has 0 saturated carbocycles. The maximum Gasteiger partial charge on any atom is 0.227 e. The van der Waals surface area contributed by atoms with Gasteiger partial charge in [0.15, 0.2) is 5.58 Å². The fourth-order valence-electron chi connectivity index (χ4n) is 8.23. The van der Waals surface area contributed by atoms with Crippen LogP contribution in [0, 0.1) is 0 Å². The summed E-state index contributed by atoms with van der Waals surface area (Å²) in [6.07, 6.45) is 0. The zero-order valence-corrected chi connectivity index (χ0v) is 28.0. The van der Waals surface area contributed by atoms with Gasteiger partial charge >= 0.3 is 0 Å². The van der Waals surface area contributed by atoms with Crippen LogP contribution in [0.1, 0.15) is 25.0 Å². The first-order chi connectivity index (χ1) is 25.0. The highest BCUT2D eigenvalue weighted by Gasteiger charge is 2.37. The molecule has 0 spiro atoms. The van der Waals surface area contributed by atoms with Crippen molar-refractivity contribution in [3.63, 3.8) is 0 Å². The van der Waals surface area contributed by atoms with Gasteiger partial charge in [-0.15, -0.1) is 0 Å². The van der Waals surface area contributed by atoms with Crippen LogP contribution in [0.15, 0.2) is 159 Å². The molecule has 0 N–H and O–H groups in total. The Morgan fingerprint density at radius 1 is 0.490 bits per heavy atom. The largest absolute Gasteiger partial charge is 0.456 e. The van der Waals surface area contributed by atoms with Crippen molar-refractivity contribution in [1.29, 1.82) is 0 Å². The Kier molecular flexibility index (Phi) is 5.66. The summed E-state index contributed by atoms with van der Waals surface area (Å²) in [5.41, 5.74) is 13.9. The number of rotatable bonds is 4. The van der Waals surface area contributed by atoms with Crippen molar-refractivity contribution in [2.24, 2.45) is 0 Å². The highest BCUT2D eigenvalue weighted by Crippen LogP contribution is 2.54. The van der Waals surface area contributed by atoms with Crippen molar-refractivity contribution in [3.05, 3.63) is 157 Å². The minimum atomic E-state index is -0.137. The smallest absolute Gasteiger partial charge is 0.227 e. The molecule has 1 aliphatic carbocycles. The van der Waals surface area contributed by atoms with Crippen molar-refractivity contribution < 1.29 is 13.3 Å². The second-order valence-corrected chi connectivity index (χ2v) is 14.0. The van der Waals surface area contributed by atoms with E-state index < -0.39 is 0 Å². The van der Waals surface area contributed by atoms with Gasteiger partial charge in [-0.3, -0.25) is 0 Å². The molecule has 0 bridgehead atoms. The fraction of sp³-hybridized carbons (Fsp3) is 0.0652. The molecule has 5 heteroatoms. The number of furan rings is 2. The summed E-state index contributed by atoms with van der Waals surface area (Å²) in [7, 11) is 0. The van der Waals surface area contributed by atoms with E-state index in [2.05, 4.69) is 116 Å². The van der Waals surface area contributed by atoms with Crippen molar-refractivity contribution in [1.82, 2.24) is 4.98 Å². The second-order valence-electron chi connectivity index (χ2n) is 14.0. The summed E-state index contributed by atoms with van der Waals surface area (Å²) in [5.74, 6) is 0.594. The number of para-hydroxylation sites is 1. The predicted octanol–water partition coefficient (Wildman–Crippen LogP) is 13.1. The van der Waals surface area contributed by atoms with Crippen LogP contribution in [0.5, 0.6) is 0 Å². The lowest BCUT2D eigenvalue weighted by molar-refractivity contribution is 0.620. The number of nitrogens with zero attached hydrogens (tertiary/aromatic N) is 2. The number of hydrogen-bond acceptors (Lipinski definition) is 5. The number of hydrogen-bond donors (Lipinski definition) is 0. The van der Waals surface area contributed by atoms with Gasteiger partial charge in [0.25, 0.3) is 0 Å². The van der Waals surface area contributed by atoms with E-state index in [1.54, 1.807) is 0 Å². The Morgan fingerprint density at radius 2 is 1.18 bits per heavy atom. The van der Waals surface area contributed by atoms with Gasteiger partial charge in [0.2, 0.25) is 5.89 Å². The van der Waals surface area contributed by atoms with E-state index in [-0.39, 0.29) is 5.41 Å². The van der Waals surface area contributed by atoms with Gasteiger partial charge in [-0.2, -0.15) is 0 Å². The van der Waals surface area contributed by atoms with E-state index in [1.165, 1.54) is 22.3 Å². The van der Waals surface area contributed by atoms with Crippen LogP contribution in [0.4, 0.5) is 17.1 Å². The van der Waals surface area contributed by atoms with E-state index in [0.29, 0.717) is 5.89 Å². The third kappa shape index (κ3) is 4.06. The first-order valence-corrected chi connectivity index (χ1v) is 17.3. The molecule has 0 saturated heterocycles. The van der Waals surface area contributed by atoms with E-state index in [9.17, 15) is 0 Å². The molecule has 242 valence electrons. The van der Waals surface area contributed by atoms with E-state index in [4.69, 9.17) is 18.2 Å². The normalized spacial score (nSPS) is 13.5. The van der Waals surface area contributed by atoms with Gasteiger partial charge < -0.3 is 18.2 Å². The van der Waals surface area contributed by atoms with Gasteiger partial charge in [0.1, 0.15) is 27.8 Å². The molecule has 0 aliphatic heterocycles. The fourth-order valence-corrected chi connectivity index (χ4v) is 8.23. The lowest BCUT2D eigenvalue weighted by Gasteiger charge is -2.29. The molecule has 1 aliphatic rings. The third-order valence-electron chi connectivity index (χ3n) is 10.7. The molecule has 0 radical (unpaired) electrons. The first-order valence-electron chi connectivity index (χ1n) is 17.3. The lowest BCUT2D eigenvalue weighted by atomic mass is 9.82. The topological polar surface area (TPSA) is 55.6 Å². The summed E-state index contributed by atoms with van der Waals surface area (Å²) in [6, 6.07) is 50.8. The molecule has 0 fully saturated rings. The Labute approximate surface area is 293 Å². The number of oxazole rings is 1. The van der Waals surface area contributed by atoms with Crippen LogP contribution >= 0.6 is 0 Å². The van der Waals surface area contributed by atoms with E-state index >= 15 is 0 Å². The van der Waals surface area contributed by atoms with Crippen LogP contribution < -0.4 is 4.90 Å². The summed E-state index contributed by atoms with van der Waals surface area (Å²) >= 11 is 0. The lowest BCUT2D eigenvalue weighted by Crippen LogP contribution is -2.16. The first kappa shape index (κ1) is 28.3. The Balaban J connectivity index is 1.15. The molecule has 0 amide bonds. The van der Waals surface area contributed by atoms with Gasteiger partial charge in [-0.05, 0) is 77.4 Å². The van der Waals surface area contributed by atoms with Crippen LogP contribution in [0.3, 0.4) is 0 Å². The number of aromatic nitrogens is 1. The molecule has 7 aromatic carbocycles. The Bertz CT molecular complexity index is 3020. The van der Waals surface area contributed by atoms with Crippen LogP contribution in [0.25, 0.3) is 77.6 Å². The van der Waals surface area contributed by atoms with Crippen molar-refractivity contribution >= 4 is 72.0 Å². The van der Waals surface area contributed by atoms with Gasteiger partial charge in [-0.1, -0.05) is 86.6 Å². The molecule has 0 atom stereocenters. The van der Waals surface area contributed by atoms with Crippen LogP contribution in [0.2, 0.25) is 0 Å². The zero-order valence-electron chi connectivity index (χ0n) is 28.0. The Hall–Kier alpha value is -6.59. The molecule has 11 rings (SSSR count). The van der Waals surface area contributed by atoms with Gasteiger partial charge in [-0.25, -0.2) is 4.98 Å². The van der Waals surface area contributed by atoms with Crippen molar-refractivity contribution in [2.75, 3.05) is 4.90 Å². The zero-order chi connectivity index (χ0) is 33.8. The number of benzene rings is 7. The number of fused-ring (bicyclic) bond motifs is 10. The monoisotopic (exact) mass is 658 g/mol. The van der Waals surface area contributed by atoms with Crippen LogP contribution in [-0.2, 0) is 5.41 Å². The SMILES string of the molecule is CC1(C)c2ccccc2-c2c(N(c3ccc4c(c3)oc3ccccc34)c3ccc4oc5cc6nc(-c7ccccc7)oc6cc5c4c3)cccc21. The summed E-state index contributed by atoms with van der Waals surface area (Å²) in [4.78, 5) is 7.15. The van der Waals surface area contributed by atoms with Crippen molar-refractivity contribution in [2.45, 2.75) is 19.3 Å². The third-order valence-corrected chi connectivity index (χ3v) is 10.7. The van der Waals surface area contributed by atoms with Gasteiger partial charge in [0, 0.05) is 61.6 Å². The molecular formula is C46H30N2O3. The molecule has 3 heterocycles. The van der Waals surface area contributed by atoms with Crippen LogP contribution in [-0.4, -0.2) is 4.98 Å². The molecule has 3 aromatic heterocycles. The number of anilines is 3. The molecule has 10 aromatic rings. The maximum absolute atomic E-state index is 6.45. The van der Waals surface area contributed by atoms with E-state index in [0.717, 1.165) is 77.6 Å². The summed E-state index contributed by atoms with van der Waals surface area (Å²) in [5, 5.41) is 4.20. The Morgan fingerprint density at radius 3 is 2.08 bits per heavy atom. The molecule has 5 nitrogen and oxygen atoms in total. The van der Waals surface area contributed by atoms with Crippen molar-refractivity contribution in [3.8, 4) is 22.6 Å². The summed E-state index contributed by atoms with van der Waals surface area (Å²) < 4.78 is 19.2. The second kappa shape index (κ2) is 10.2. The highest BCUT2D eigenvalue weighted by molar-refractivity contribution is 6.11. The van der Waals surface area contributed by atoms with Gasteiger partial charge in [0.05, 0.1) is 5.69 Å².